The molecule has 0 aliphatic carbocycles. The summed E-state index contributed by atoms with van der Waals surface area (Å²) in [5, 5.41) is 0.622. The number of hydrogen-bond donors (Lipinski definition) is 0. The number of thiocarbonyl (C=S) groups is 1. The topological polar surface area (TPSA) is 53.8 Å². The van der Waals surface area contributed by atoms with E-state index in [1.54, 1.807) is 17.0 Å². The van der Waals surface area contributed by atoms with Gasteiger partial charge in [0.25, 0.3) is 5.91 Å². The van der Waals surface area contributed by atoms with Gasteiger partial charge in [-0.1, -0.05) is 35.6 Å². The molecule has 1 aromatic heterocycles. The SMILES string of the molecule is CCN(CC)C(=O)CN1C(=O)/C(=C\c2ccc(-c3cc(Cl)ccc3I)o2)SC1=S. The minimum Gasteiger partial charge on any atom is -0.457 e. The first-order valence-corrected chi connectivity index (χ1v) is 11.6. The predicted octanol–water partition coefficient (Wildman–Crippen LogP) is 5.27. The first-order valence-electron chi connectivity index (χ1n) is 8.92. The summed E-state index contributed by atoms with van der Waals surface area (Å²) in [7, 11) is 0. The lowest BCUT2D eigenvalue weighted by molar-refractivity contribution is -0.135. The third-order valence-corrected chi connectivity index (χ3v) is 6.93. The van der Waals surface area contributed by atoms with Gasteiger partial charge >= 0.3 is 0 Å². The number of likely N-dealkylation sites (N-methyl/N-ethyl adjacent to an activating group) is 1. The zero-order valence-corrected chi connectivity index (χ0v) is 20.3. The highest BCUT2D eigenvalue weighted by Crippen LogP contribution is 2.34. The summed E-state index contributed by atoms with van der Waals surface area (Å²) in [4.78, 5) is 28.6. The molecule has 2 aromatic rings. The van der Waals surface area contributed by atoms with Crippen molar-refractivity contribution in [3.8, 4) is 11.3 Å². The highest BCUT2D eigenvalue weighted by molar-refractivity contribution is 14.1. The molecular weight excluding hydrogens is 543 g/mol. The highest BCUT2D eigenvalue weighted by atomic mass is 127. The number of carbonyl (C=O) groups is 2. The smallest absolute Gasteiger partial charge is 0.266 e. The maximum Gasteiger partial charge on any atom is 0.266 e. The van der Waals surface area contributed by atoms with Gasteiger partial charge in [0, 0.05) is 33.3 Å². The van der Waals surface area contributed by atoms with Gasteiger partial charge in [0.15, 0.2) is 0 Å². The van der Waals surface area contributed by atoms with E-state index >= 15 is 0 Å². The Morgan fingerprint density at radius 3 is 2.72 bits per heavy atom. The predicted molar refractivity (Wildman–Crippen MR) is 130 cm³/mol. The molecule has 3 rings (SSSR count). The number of nitrogens with zero attached hydrogens (tertiary/aromatic N) is 2. The molecule has 0 N–H and O–H groups in total. The Hall–Kier alpha value is -1.36. The molecule has 1 fully saturated rings. The lowest BCUT2D eigenvalue weighted by Crippen LogP contribution is -2.41. The molecule has 5 nitrogen and oxygen atoms in total. The van der Waals surface area contributed by atoms with E-state index in [9.17, 15) is 9.59 Å². The molecular formula is C20H18ClIN2O3S2. The largest absolute Gasteiger partial charge is 0.457 e. The van der Waals surface area contributed by atoms with Crippen LogP contribution >= 0.6 is 58.2 Å². The van der Waals surface area contributed by atoms with Crippen LogP contribution in [0.1, 0.15) is 19.6 Å². The summed E-state index contributed by atoms with van der Waals surface area (Å²) in [6.45, 7) is 4.95. The number of furan rings is 1. The molecule has 0 atom stereocenters. The molecule has 29 heavy (non-hydrogen) atoms. The van der Waals surface area contributed by atoms with E-state index in [0.717, 1.165) is 9.13 Å². The van der Waals surface area contributed by atoms with Crippen LogP contribution in [0.15, 0.2) is 39.7 Å². The first kappa shape index (κ1) is 22.3. The van der Waals surface area contributed by atoms with Crippen molar-refractivity contribution in [3.63, 3.8) is 0 Å². The van der Waals surface area contributed by atoms with Crippen molar-refractivity contribution in [2.24, 2.45) is 0 Å². The second kappa shape index (κ2) is 9.63. The van der Waals surface area contributed by atoms with E-state index in [1.165, 1.54) is 16.7 Å². The maximum absolute atomic E-state index is 12.7. The summed E-state index contributed by atoms with van der Waals surface area (Å²) < 4.78 is 7.28. The van der Waals surface area contributed by atoms with Crippen LogP contribution in [0.5, 0.6) is 0 Å². The lowest BCUT2D eigenvalue weighted by Gasteiger charge is -2.22. The van der Waals surface area contributed by atoms with Gasteiger partial charge in [0.1, 0.15) is 22.4 Å². The number of thioether (sulfide) groups is 1. The van der Waals surface area contributed by atoms with E-state index in [2.05, 4.69) is 22.6 Å². The van der Waals surface area contributed by atoms with Gasteiger partial charge in [-0.2, -0.15) is 0 Å². The molecule has 0 saturated carbocycles. The summed E-state index contributed by atoms with van der Waals surface area (Å²) in [5.41, 5.74) is 0.884. The van der Waals surface area contributed by atoms with Crippen molar-refractivity contribution in [1.82, 2.24) is 9.80 Å². The van der Waals surface area contributed by atoms with Gasteiger partial charge in [-0.05, 0) is 66.8 Å². The highest BCUT2D eigenvalue weighted by Gasteiger charge is 2.34. The monoisotopic (exact) mass is 560 g/mol. The summed E-state index contributed by atoms with van der Waals surface area (Å²) >= 11 is 14.8. The van der Waals surface area contributed by atoms with Gasteiger partial charge in [0.05, 0.1) is 4.91 Å². The Bertz CT molecular complexity index is 1000. The molecule has 1 aliphatic heterocycles. The molecule has 0 radical (unpaired) electrons. The Morgan fingerprint density at radius 1 is 1.31 bits per heavy atom. The van der Waals surface area contributed by atoms with Crippen molar-refractivity contribution < 1.29 is 14.0 Å². The minimum absolute atomic E-state index is 0.0478. The van der Waals surface area contributed by atoms with E-state index in [4.69, 9.17) is 28.2 Å². The molecule has 152 valence electrons. The summed E-state index contributed by atoms with van der Waals surface area (Å²) in [6, 6.07) is 9.20. The fourth-order valence-corrected chi connectivity index (χ4v) is 4.85. The Balaban J connectivity index is 1.79. The second-order valence-corrected chi connectivity index (χ2v) is 9.43. The van der Waals surface area contributed by atoms with Crippen molar-refractivity contribution in [2.45, 2.75) is 13.8 Å². The molecule has 1 aliphatic rings. The van der Waals surface area contributed by atoms with Crippen molar-refractivity contribution >= 4 is 80.4 Å². The molecule has 2 heterocycles. The maximum atomic E-state index is 12.7. The normalized spacial score (nSPS) is 15.4. The van der Waals surface area contributed by atoms with E-state index in [1.807, 2.05) is 38.1 Å². The van der Waals surface area contributed by atoms with Crippen LogP contribution in [0.2, 0.25) is 5.02 Å². The van der Waals surface area contributed by atoms with Crippen LogP contribution in [-0.2, 0) is 9.59 Å². The zero-order chi connectivity index (χ0) is 21.1. The van der Waals surface area contributed by atoms with E-state index in [0.29, 0.717) is 38.9 Å². The Kier molecular flexibility index (Phi) is 7.42. The molecule has 0 unspecified atom stereocenters. The molecule has 1 aromatic carbocycles. The standard InChI is InChI=1S/C20H18ClIN2O3S2/c1-3-23(4-2)18(25)11-24-19(26)17(29-20(24)28)10-13-6-8-16(27-13)14-9-12(21)5-7-15(14)22/h5-10H,3-4,11H2,1-2H3/b17-10+. The average molecular weight is 561 g/mol. The van der Waals surface area contributed by atoms with Gasteiger partial charge in [-0.25, -0.2) is 0 Å². The molecule has 1 saturated heterocycles. The summed E-state index contributed by atoms with van der Waals surface area (Å²) in [6.07, 6.45) is 1.65. The van der Waals surface area contributed by atoms with Crippen LogP contribution in [0, 0.1) is 3.57 Å². The minimum atomic E-state index is -0.282. The summed E-state index contributed by atoms with van der Waals surface area (Å²) in [5.74, 6) is 0.792. The lowest BCUT2D eigenvalue weighted by atomic mass is 10.2. The number of carbonyl (C=O) groups excluding carboxylic acids is 2. The molecule has 2 amide bonds. The Labute approximate surface area is 197 Å². The van der Waals surface area contributed by atoms with Crippen molar-refractivity contribution in [2.75, 3.05) is 19.6 Å². The number of hydrogen-bond acceptors (Lipinski definition) is 5. The average Bonchev–Trinajstić information content (AvgIpc) is 3.25. The zero-order valence-electron chi connectivity index (χ0n) is 15.8. The first-order chi connectivity index (χ1) is 13.8. The van der Waals surface area contributed by atoms with Crippen molar-refractivity contribution in [3.05, 3.63) is 49.6 Å². The van der Waals surface area contributed by atoms with Gasteiger partial charge < -0.3 is 9.32 Å². The van der Waals surface area contributed by atoms with Crippen LogP contribution < -0.4 is 0 Å². The van der Waals surface area contributed by atoms with Gasteiger partial charge in [0.2, 0.25) is 5.91 Å². The Morgan fingerprint density at radius 2 is 2.03 bits per heavy atom. The number of benzene rings is 1. The van der Waals surface area contributed by atoms with Crippen LogP contribution in [-0.4, -0.2) is 45.6 Å². The fourth-order valence-electron chi connectivity index (χ4n) is 2.84. The van der Waals surface area contributed by atoms with Crippen LogP contribution in [0.3, 0.4) is 0 Å². The quantitative estimate of drug-likeness (QED) is 0.274. The second-order valence-electron chi connectivity index (χ2n) is 6.16. The fraction of sp³-hybridized carbons (Fsp3) is 0.250. The van der Waals surface area contributed by atoms with Crippen molar-refractivity contribution in [1.29, 1.82) is 0 Å². The number of halogens is 2. The van der Waals surface area contributed by atoms with Crippen LogP contribution in [0.25, 0.3) is 17.4 Å². The molecule has 0 spiro atoms. The third-order valence-electron chi connectivity index (χ3n) is 4.38. The van der Waals surface area contributed by atoms with E-state index in [-0.39, 0.29) is 18.4 Å². The number of rotatable bonds is 6. The number of amides is 2. The van der Waals surface area contributed by atoms with Gasteiger partial charge in [-0.15, -0.1) is 0 Å². The third kappa shape index (κ3) is 5.04. The van der Waals surface area contributed by atoms with Crippen LogP contribution in [0.4, 0.5) is 0 Å². The van der Waals surface area contributed by atoms with Gasteiger partial charge in [-0.3, -0.25) is 14.5 Å². The molecule has 0 bridgehead atoms. The molecule has 9 heteroatoms. The van der Waals surface area contributed by atoms with E-state index < -0.39 is 0 Å².